The lowest BCUT2D eigenvalue weighted by atomic mass is 9.99. The topological polar surface area (TPSA) is 38.3 Å². The number of rotatable bonds is 5. The number of aryl methyl sites for hydroxylation is 2. The first-order valence-corrected chi connectivity index (χ1v) is 9.25. The van der Waals surface area contributed by atoms with Crippen LogP contribution in [0.4, 0.5) is 0 Å². The molecule has 5 heteroatoms. The minimum absolute atomic E-state index is 0.00942. The summed E-state index contributed by atoms with van der Waals surface area (Å²) < 4.78 is 15.2. The van der Waals surface area contributed by atoms with Crippen molar-refractivity contribution in [3.05, 3.63) is 46.7 Å². The summed E-state index contributed by atoms with van der Waals surface area (Å²) >= 11 is 1.23. The maximum atomic E-state index is 6.31. The monoisotopic (exact) mass is 343 g/mol. The molecule has 4 nitrogen and oxygen atoms in total. The summed E-state index contributed by atoms with van der Waals surface area (Å²) in [6, 6.07) is 6.53. The van der Waals surface area contributed by atoms with Crippen LogP contribution in [0.15, 0.2) is 24.3 Å². The summed E-state index contributed by atoms with van der Waals surface area (Å²) in [4.78, 5) is 2.31. The summed E-state index contributed by atoms with van der Waals surface area (Å²) in [6.07, 6.45) is 4.23. The van der Waals surface area contributed by atoms with Crippen molar-refractivity contribution >= 4 is 17.3 Å². The van der Waals surface area contributed by atoms with Gasteiger partial charge in [-0.25, -0.2) is 0 Å². The van der Waals surface area contributed by atoms with E-state index in [0.29, 0.717) is 5.88 Å². The molecule has 0 saturated carbocycles. The lowest BCUT2D eigenvalue weighted by Gasteiger charge is -2.23. The first-order chi connectivity index (χ1) is 11.6. The molecule has 0 spiro atoms. The highest BCUT2D eigenvalue weighted by Crippen LogP contribution is 2.32. The van der Waals surface area contributed by atoms with E-state index in [-0.39, 0.29) is 6.10 Å². The van der Waals surface area contributed by atoms with Crippen molar-refractivity contribution in [3.63, 3.8) is 0 Å². The van der Waals surface area contributed by atoms with Gasteiger partial charge >= 0.3 is 0 Å². The second-order valence-electron chi connectivity index (χ2n) is 6.55. The van der Waals surface area contributed by atoms with Crippen LogP contribution in [0.25, 0.3) is 5.57 Å². The molecule has 3 rings (SSSR count). The Morgan fingerprint density at radius 1 is 1.29 bits per heavy atom. The van der Waals surface area contributed by atoms with Crippen molar-refractivity contribution in [1.29, 1.82) is 0 Å². The van der Waals surface area contributed by atoms with Gasteiger partial charge in [0.15, 0.2) is 0 Å². The van der Waals surface area contributed by atoms with Gasteiger partial charge in [-0.3, -0.25) is 0 Å². The van der Waals surface area contributed by atoms with Crippen LogP contribution >= 0.6 is 11.7 Å². The zero-order valence-electron chi connectivity index (χ0n) is 14.9. The number of benzene rings is 1. The second kappa shape index (κ2) is 7.45. The van der Waals surface area contributed by atoms with Gasteiger partial charge in [0.1, 0.15) is 11.8 Å². The molecule has 1 aliphatic rings. The van der Waals surface area contributed by atoms with Crippen LogP contribution < -0.4 is 4.74 Å². The van der Waals surface area contributed by atoms with Gasteiger partial charge in [-0.15, -0.1) is 4.37 Å². The average Bonchev–Trinajstić information content (AvgIpc) is 3.01. The van der Waals surface area contributed by atoms with Crippen LogP contribution in [0, 0.1) is 13.8 Å². The van der Waals surface area contributed by atoms with E-state index in [9.17, 15) is 0 Å². The Morgan fingerprint density at radius 3 is 2.83 bits per heavy atom. The van der Waals surface area contributed by atoms with Gasteiger partial charge in [0.2, 0.25) is 0 Å². The Hall–Kier alpha value is -1.72. The second-order valence-corrected chi connectivity index (χ2v) is 7.08. The molecule has 0 fully saturated rings. The summed E-state index contributed by atoms with van der Waals surface area (Å²) in [6.45, 7) is 8.41. The van der Waals surface area contributed by atoms with Gasteiger partial charge in [-0.05, 0) is 50.4 Å². The minimum Gasteiger partial charge on any atom is -0.467 e. The number of aromatic nitrogens is 2. The molecule has 2 heterocycles. The van der Waals surface area contributed by atoms with Crippen molar-refractivity contribution in [2.75, 3.05) is 20.1 Å². The van der Waals surface area contributed by atoms with Crippen molar-refractivity contribution < 1.29 is 4.74 Å². The summed E-state index contributed by atoms with van der Waals surface area (Å²) in [5.74, 6) is 0.674. The maximum Gasteiger partial charge on any atom is 0.254 e. The maximum absolute atomic E-state index is 6.31. The molecule has 1 unspecified atom stereocenters. The molecule has 0 N–H and O–H groups in total. The zero-order valence-corrected chi connectivity index (χ0v) is 15.7. The average molecular weight is 343 g/mol. The predicted octanol–water partition coefficient (Wildman–Crippen LogP) is 4.40. The van der Waals surface area contributed by atoms with E-state index in [1.54, 1.807) is 0 Å². The van der Waals surface area contributed by atoms with E-state index in [0.717, 1.165) is 31.6 Å². The molecule has 1 aromatic carbocycles. The standard InChI is InChI=1S/C19H25N3OS/c1-5-17(16-9-8-13(2)11-14(16)3)23-19-18(20-24-21-19)15-7-6-10-22(4)12-15/h7-9,11,17H,5-6,10,12H2,1-4H3. The van der Waals surface area contributed by atoms with Crippen molar-refractivity contribution in [2.24, 2.45) is 0 Å². The quantitative estimate of drug-likeness (QED) is 0.806. The van der Waals surface area contributed by atoms with Crippen LogP contribution in [0.2, 0.25) is 0 Å². The normalized spacial score (nSPS) is 16.8. The van der Waals surface area contributed by atoms with E-state index in [2.05, 4.69) is 65.7 Å². The van der Waals surface area contributed by atoms with E-state index in [1.807, 2.05) is 0 Å². The molecule has 2 aromatic rings. The van der Waals surface area contributed by atoms with Crippen LogP contribution in [-0.4, -0.2) is 33.8 Å². The molecule has 0 amide bonds. The molecular weight excluding hydrogens is 318 g/mol. The Kier molecular flexibility index (Phi) is 5.31. The van der Waals surface area contributed by atoms with E-state index >= 15 is 0 Å². The number of hydrogen-bond acceptors (Lipinski definition) is 5. The van der Waals surface area contributed by atoms with Crippen molar-refractivity contribution in [2.45, 2.75) is 39.7 Å². The van der Waals surface area contributed by atoms with Gasteiger partial charge in [0, 0.05) is 13.1 Å². The molecule has 128 valence electrons. The summed E-state index contributed by atoms with van der Waals surface area (Å²) in [5, 5.41) is 0. The molecule has 0 aliphatic carbocycles. The lowest BCUT2D eigenvalue weighted by Crippen LogP contribution is -2.25. The molecule has 1 atom stereocenters. The van der Waals surface area contributed by atoms with E-state index in [4.69, 9.17) is 4.74 Å². The molecule has 0 bridgehead atoms. The lowest BCUT2D eigenvalue weighted by molar-refractivity contribution is 0.193. The number of hydrogen-bond donors (Lipinski definition) is 0. The highest BCUT2D eigenvalue weighted by Gasteiger charge is 2.22. The molecule has 0 saturated heterocycles. The van der Waals surface area contributed by atoms with Gasteiger partial charge in [-0.2, -0.15) is 4.37 Å². The molecular formula is C19H25N3OS. The Balaban J connectivity index is 1.85. The fourth-order valence-corrected chi connectivity index (χ4v) is 3.73. The first-order valence-electron chi connectivity index (χ1n) is 8.52. The van der Waals surface area contributed by atoms with Crippen LogP contribution in [0.1, 0.15) is 48.3 Å². The van der Waals surface area contributed by atoms with Crippen LogP contribution in [0.5, 0.6) is 5.88 Å². The third-order valence-corrected chi connectivity index (χ3v) is 5.01. The highest BCUT2D eigenvalue weighted by atomic mass is 32.1. The Labute approximate surface area is 148 Å². The molecule has 1 aromatic heterocycles. The smallest absolute Gasteiger partial charge is 0.254 e. The zero-order chi connectivity index (χ0) is 17.1. The number of nitrogens with zero attached hydrogens (tertiary/aromatic N) is 3. The first kappa shape index (κ1) is 17.1. The van der Waals surface area contributed by atoms with Crippen molar-refractivity contribution in [1.82, 2.24) is 13.6 Å². The molecule has 0 radical (unpaired) electrons. The predicted molar refractivity (Wildman–Crippen MR) is 99.6 cm³/mol. The largest absolute Gasteiger partial charge is 0.467 e. The molecule has 24 heavy (non-hydrogen) atoms. The van der Waals surface area contributed by atoms with Gasteiger partial charge in [0.25, 0.3) is 5.88 Å². The minimum atomic E-state index is 0.00942. The summed E-state index contributed by atoms with van der Waals surface area (Å²) in [5.41, 5.74) is 5.91. The van der Waals surface area contributed by atoms with Gasteiger partial charge in [0.05, 0.1) is 11.7 Å². The Bertz CT molecular complexity index is 738. The van der Waals surface area contributed by atoms with Crippen LogP contribution in [0.3, 0.4) is 0 Å². The van der Waals surface area contributed by atoms with Gasteiger partial charge < -0.3 is 9.64 Å². The SMILES string of the molecule is CCC(Oc1nsnc1C1=CCCN(C)C1)c1ccc(C)cc1C. The fourth-order valence-electron chi connectivity index (χ4n) is 3.21. The summed E-state index contributed by atoms with van der Waals surface area (Å²) in [7, 11) is 2.14. The van der Waals surface area contributed by atoms with Crippen molar-refractivity contribution in [3.8, 4) is 5.88 Å². The number of ether oxygens (including phenoxy) is 1. The van der Waals surface area contributed by atoms with Crippen LogP contribution in [-0.2, 0) is 0 Å². The third-order valence-electron chi connectivity index (χ3n) is 4.50. The molecule has 1 aliphatic heterocycles. The van der Waals surface area contributed by atoms with Gasteiger partial charge in [-0.1, -0.05) is 36.8 Å². The number of likely N-dealkylation sites (N-methyl/N-ethyl adjacent to an activating group) is 1. The van der Waals surface area contributed by atoms with E-state index < -0.39 is 0 Å². The third kappa shape index (κ3) is 3.68. The Morgan fingerprint density at radius 2 is 2.12 bits per heavy atom. The fraction of sp³-hybridized carbons (Fsp3) is 0.474. The van der Waals surface area contributed by atoms with E-state index in [1.165, 1.54) is 34.0 Å². The highest BCUT2D eigenvalue weighted by molar-refractivity contribution is 6.99.